The summed E-state index contributed by atoms with van der Waals surface area (Å²) in [6.07, 6.45) is 0. The molecular formula is C23H19N3O3. The zero-order valence-electron chi connectivity index (χ0n) is 16.3. The van der Waals surface area contributed by atoms with E-state index in [9.17, 15) is 4.79 Å². The van der Waals surface area contributed by atoms with E-state index in [2.05, 4.69) is 10.5 Å². The average Bonchev–Trinajstić information content (AvgIpc) is 3.18. The third-order valence-electron chi connectivity index (χ3n) is 5.23. The second kappa shape index (κ2) is 6.38. The van der Waals surface area contributed by atoms with Gasteiger partial charge >= 0.3 is 0 Å². The Labute approximate surface area is 167 Å². The van der Waals surface area contributed by atoms with Gasteiger partial charge in [-0.05, 0) is 30.3 Å². The Morgan fingerprint density at radius 2 is 1.76 bits per heavy atom. The first-order chi connectivity index (χ1) is 14.1. The molecule has 1 aromatic heterocycles. The van der Waals surface area contributed by atoms with Crippen molar-refractivity contribution in [2.24, 2.45) is 0 Å². The van der Waals surface area contributed by atoms with Gasteiger partial charge in [-0.15, -0.1) is 0 Å². The van der Waals surface area contributed by atoms with Crippen LogP contribution in [0.5, 0.6) is 5.75 Å². The predicted octanol–water partition coefficient (Wildman–Crippen LogP) is 4.86. The largest absolute Gasteiger partial charge is 0.497 e. The van der Waals surface area contributed by atoms with Crippen LogP contribution in [0.3, 0.4) is 0 Å². The molecule has 6 heteroatoms. The summed E-state index contributed by atoms with van der Waals surface area (Å²) in [5.74, 6) is 1.36. The molecule has 1 aliphatic rings. The molecule has 3 aromatic carbocycles. The third-order valence-corrected chi connectivity index (χ3v) is 5.23. The standard InChI is InChI=1S/C23H19N3O3/c1-26(2)18-12-17(24-13-8-10-14(28-3)11-9-13)19-20-21(18)25-29-23(20)16-7-5-4-6-15(16)22(19)27/h4-12,24H,1-3H3. The van der Waals surface area contributed by atoms with Gasteiger partial charge in [0, 0.05) is 30.9 Å². The van der Waals surface area contributed by atoms with Crippen LogP contribution in [0.2, 0.25) is 0 Å². The zero-order chi connectivity index (χ0) is 20.1. The predicted molar refractivity (Wildman–Crippen MR) is 113 cm³/mol. The van der Waals surface area contributed by atoms with E-state index in [1.165, 1.54) is 0 Å². The first-order valence-corrected chi connectivity index (χ1v) is 9.27. The number of anilines is 3. The highest BCUT2D eigenvalue weighted by Crippen LogP contribution is 2.46. The molecule has 29 heavy (non-hydrogen) atoms. The summed E-state index contributed by atoms with van der Waals surface area (Å²) in [5.41, 5.74) is 5.11. The maximum Gasteiger partial charge on any atom is 0.196 e. The van der Waals surface area contributed by atoms with Gasteiger partial charge < -0.3 is 19.5 Å². The Morgan fingerprint density at radius 1 is 1.03 bits per heavy atom. The molecule has 4 aromatic rings. The maximum absolute atomic E-state index is 13.4. The van der Waals surface area contributed by atoms with E-state index >= 15 is 0 Å². The molecule has 1 heterocycles. The lowest BCUT2D eigenvalue weighted by atomic mass is 9.86. The first kappa shape index (κ1) is 17.3. The molecule has 0 saturated heterocycles. The molecule has 0 saturated carbocycles. The van der Waals surface area contributed by atoms with E-state index in [0.29, 0.717) is 22.4 Å². The monoisotopic (exact) mass is 385 g/mol. The fraction of sp³-hybridized carbons (Fsp3) is 0.130. The Hall–Kier alpha value is -3.80. The lowest BCUT2D eigenvalue weighted by molar-refractivity contribution is 0.104. The summed E-state index contributed by atoms with van der Waals surface area (Å²) in [6.45, 7) is 0. The summed E-state index contributed by atoms with van der Waals surface area (Å²) in [4.78, 5) is 15.4. The van der Waals surface area contributed by atoms with Crippen LogP contribution in [0.4, 0.5) is 17.1 Å². The number of fused-ring (bicyclic) bond motifs is 2. The number of benzene rings is 3. The number of ether oxygens (including phenoxy) is 1. The van der Waals surface area contributed by atoms with Gasteiger partial charge in [0.25, 0.3) is 0 Å². The first-order valence-electron chi connectivity index (χ1n) is 9.27. The molecule has 144 valence electrons. The molecule has 0 spiro atoms. The summed E-state index contributed by atoms with van der Waals surface area (Å²) in [5, 5.41) is 8.45. The van der Waals surface area contributed by atoms with E-state index in [1.807, 2.05) is 73.6 Å². The van der Waals surface area contributed by atoms with Crippen LogP contribution in [-0.2, 0) is 0 Å². The van der Waals surface area contributed by atoms with Gasteiger partial charge in [0.05, 0.1) is 29.4 Å². The molecular weight excluding hydrogens is 366 g/mol. The fourth-order valence-corrected chi connectivity index (χ4v) is 3.81. The van der Waals surface area contributed by atoms with Crippen LogP contribution in [0.15, 0.2) is 59.1 Å². The number of methoxy groups -OCH3 is 1. The Kier molecular flexibility index (Phi) is 3.81. The van der Waals surface area contributed by atoms with Gasteiger partial charge in [-0.25, -0.2) is 0 Å². The average molecular weight is 385 g/mol. The van der Waals surface area contributed by atoms with E-state index in [4.69, 9.17) is 9.26 Å². The van der Waals surface area contributed by atoms with Crippen LogP contribution in [0.1, 0.15) is 15.9 Å². The highest BCUT2D eigenvalue weighted by molar-refractivity contribution is 6.28. The highest BCUT2D eigenvalue weighted by atomic mass is 16.5. The minimum Gasteiger partial charge on any atom is -0.497 e. The van der Waals surface area contributed by atoms with Crippen molar-refractivity contribution in [1.82, 2.24) is 5.16 Å². The normalized spacial score (nSPS) is 12.0. The third kappa shape index (κ3) is 2.56. The molecule has 5 rings (SSSR count). The zero-order valence-corrected chi connectivity index (χ0v) is 16.3. The maximum atomic E-state index is 13.4. The second-order valence-electron chi connectivity index (χ2n) is 7.18. The lowest BCUT2D eigenvalue weighted by Crippen LogP contribution is -2.15. The number of carbonyl (C=O) groups is 1. The fourth-order valence-electron chi connectivity index (χ4n) is 3.81. The molecule has 1 N–H and O–H groups in total. The smallest absolute Gasteiger partial charge is 0.196 e. The number of ketones is 1. The van der Waals surface area contributed by atoms with Gasteiger partial charge in [0.1, 0.15) is 11.3 Å². The number of hydrogen-bond donors (Lipinski definition) is 1. The molecule has 0 fully saturated rings. The van der Waals surface area contributed by atoms with E-state index in [0.717, 1.165) is 33.8 Å². The second-order valence-corrected chi connectivity index (χ2v) is 7.18. The van der Waals surface area contributed by atoms with Crippen LogP contribution >= 0.6 is 0 Å². The molecule has 0 amide bonds. The van der Waals surface area contributed by atoms with Crippen molar-refractivity contribution in [1.29, 1.82) is 0 Å². The quantitative estimate of drug-likeness (QED) is 0.477. The number of carbonyl (C=O) groups excluding carboxylic acids is 1. The van der Waals surface area contributed by atoms with Gasteiger partial charge in [0.2, 0.25) is 0 Å². The highest BCUT2D eigenvalue weighted by Gasteiger charge is 2.33. The van der Waals surface area contributed by atoms with Crippen molar-refractivity contribution in [3.05, 3.63) is 65.7 Å². The van der Waals surface area contributed by atoms with Crippen LogP contribution in [0, 0.1) is 0 Å². The van der Waals surface area contributed by atoms with E-state index in [1.54, 1.807) is 7.11 Å². The van der Waals surface area contributed by atoms with E-state index in [-0.39, 0.29) is 5.78 Å². The molecule has 0 bridgehead atoms. The molecule has 0 atom stereocenters. The van der Waals surface area contributed by atoms with Crippen molar-refractivity contribution in [3.8, 4) is 17.1 Å². The Morgan fingerprint density at radius 3 is 2.45 bits per heavy atom. The summed E-state index contributed by atoms with van der Waals surface area (Å²) >= 11 is 0. The number of aromatic nitrogens is 1. The summed E-state index contributed by atoms with van der Waals surface area (Å²) < 4.78 is 11.0. The lowest BCUT2D eigenvalue weighted by Gasteiger charge is -2.21. The Bertz CT molecular complexity index is 1260. The number of nitrogens with zero attached hydrogens (tertiary/aromatic N) is 2. The topological polar surface area (TPSA) is 67.6 Å². The van der Waals surface area contributed by atoms with Crippen LogP contribution in [0.25, 0.3) is 22.2 Å². The van der Waals surface area contributed by atoms with Crippen LogP contribution in [-0.4, -0.2) is 32.1 Å². The van der Waals surface area contributed by atoms with Crippen molar-refractivity contribution in [2.75, 3.05) is 31.4 Å². The minimum atomic E-state index is -0.0392. The molecule has 0 radical (unpaired) electrons. The van der Waals surface area contributed by atoms with Gasteiger partial charge in [-0.3, -0.25) is 4.79 Å². The summed E-state index contributed by atoms with van der Waals surface area (Å²) in [6, 6.07) is 17.0. The van der Waals surface area contributed by atoms with Crippen molar-refractivity contribution in [3.63, 3.8) is 0 Å². The van der Waals surface area contributed by atoms with Crippen molar-refractivity contribution < 1.29 is 14.1 Å². The number of nitrogens with one attached hydrogen (secondary N) is 1. The Balaban J connectivity index is 1.77. The van der Waals surface area contributed by atoms with Crippen molar-refractivity contribution in [2.45, 2.75) is 0 Å². The molecule has 0 aliphatic heterocycles. The minimum absolute atomic E-state index is 0.0392. The van der Waals surface area contributed by atoms with Gasteiger partial charge in [0.15, 0.2) is 11.5 Å². The van der Waals surface area contributed by atoms with Crippen molar-refractivity contribution >= 4 is 33.7 Å². The molecule has 0 unspecified atom stereocenters. The van der Waals surface area contributed by atoms with Gasteiger partial charge in [-0.2, -0.15) is 0 Å². The summed E-state index contributed by atoms with van der Waals surface area (Å²) in [7, 11) is 5.52. The molecule has 1 aliphatic carbocycles. The van der Waals surface area contributed by atoms with Crippen LogP contribution < -0.4 is 15.0 Å². The number of rotatable bonds is 4. The van der Waals surface area contributed by atoms with E-state index < -0.39 is 0 Å². The molecule has 6 nitrogen and oxygen atoms in total. The van der Waals surface area contributed by atoms with Gasteiger partial charge in [-0.1, -0.05) is 29.4 Å². The number of hydrogen-bond acceptors (Lipinski definition) is 6. The SMILES string of the molecule is COc1ccc(Nc2cc(N(C)C)c3noc4c3c2C(=O)c2ccccc2-4)cc1.